The molecule has 2 rings (SSSR count). The molecule has 2 aromatic rings. The molecule has 0 saturated carbocycles. The maximum atomic E-state index is 12.6. The Morgan fingerprint density at radius 3 is 2.40 bits per heavy atom. The van der Waals surface area contributed by atoms with Crippen LogP contribution in [0.25, 0.3) is 0 Å². The average molecular weight is 428 g/mol. The van der Waals surface area contributed by atoms with Crippen LogP contribution in [0.2, 0.25) is 0 Å². The van der Waals surface area contributed by atoms with Crippen LogP contribution in [0.15, 0.2) is 48.5 Å². The van der Waals surface area contributed by atoms with E-state index < -0.39 is 0 Å². The zero-order chi connectivity index (χ0) is 22.3. The first-order chi connectivity index (χ1) is 14.0. The molecule has 160 valence electrons. The molecule has 0 bridgehead atoms. The molecule has 0 saturated heterocycles. The van der Waals surface area contributed by atoms with E-state index in [2.05, 4.69) is 29.8 Å². The van der Waals surface area contributed by atoms with Crippen molar-refractivity contribution in [1.82, 2.24) is 10.6 Å². The van der Waals surface area contributed by atoms with Gasteiger partial charge in [-0.3, -0.25) is 14.9 Å². The van der Waals surface area contributed by atoms with E-state index in [1.54, 1.807) is 48.5 Å². The molecule has 0 aliphatic rings. The third-order valence-corrected chi connectivity index (χ3v) is 4.02. The number of anilines is 1. The zero-order valence-electron chi connectivity index (χ0n) is 18.0. The van der Waals surface area contributed by atoms with Crippen LogP contribution in [0, 0.1) is 5.92 Å². The number of ether oxygens (including phenoxy) is 1. The maximum Gasteiger partial charge on any atom is 0.257 e. The molecule has 6 nitrogen and oxygen atoms in total. The lowest BCUT2D eigenvalue weighted by molar-refractivity contribution is 0.0919. The zero-order valence-corrected chi connectivity index (χ0v) is 18.9. The molecule has 0 spiro atoms. The Hall–Kier alpha value is -2.93. The molecular formula is C23H29N3O3S. The maximum absolute atomic E-state index is 12.6. The summed E-state index contributed by atoms with van der Waals surface area (Å²) in [6, 6.07) is 13.9. The number of nitrogens with one attached hydrogen (secondary N) is 3. The predicted molar refractivity (Wildman–Crippen MR) is 124 cm³/mol. The van der Waals surface area contributed by atoms with E-state index in [-0.39, 0.29) is 22.5 Å². The Balaban J connectivity index is 2.05. The first kappa shape index (κ1) is 23.3. The topological polar surface area (TPSA) is 79.5 Å². The van der Waals surface area contributed by atoms with Crippen molar-refractivity contribution in [2.45, 2.75) is 40.2 Å². The van der Waals surface area contributed by atoms with Crippen LogP contribution in [0.1, 0.15) is 55.3 Å². The lowest BCUT2D eigenvalue weighted by Crippen LogP contribution is -2.41. The van der Waals surface area contributed by atoms with E-state index in [1.165, 1.54) is 0 Å². The molecule has 0 unspecified atom stereocenters. The summed E-state index contributed by atoms with van der Waals surface area (Å²) in [5, 5.41) is 8.60. The molecule has 0 aromatic heterocycles. The fourth-order valence-corrected chi connectivity index (χ4v) is 2.72. The van der Waals surface area contributed by atoms with Crippen molar-refractivity contribution in [2.75, 3.05) is 11.9 Å². The van der Waals surface area contributed by atoms with Crippen molar-refractivity contribution in [2.24, 2.45) is 5.92 Å². The minimum absolute atomic E-state index is 0.101. The Bertz CT molecular complexity index is 920. The summed E-state index contributed by atoms with van der Waals surface area (Å²) in [7, 11) is 0. The number of hydrogen-bond acceptors (Lipinski definition) is 4. The molecule has 2 amide bonds. The van der Waals surface area contributed by atoms with Crippen molar-refractivity contribution >= 4 is 34.8 Å². The summed E-state index contributed by atoms with van der Waals surface area (Å²) in [5.41, 5.74) is 1.01. The Morgan fingerprint density at radius 1 is 1.03 bits per heavy atom. The van der Waals surface area contributed by atoms with Gasteiger partial charge in [-0.05, 0) is 69.2 Å². The summed E-state index contributed by atoms with van der Waals surface area (Å²) < 4.78 is 5.67. The molecule has 3 N–H and O–H groups in total. The summed E-state index contributed by atoms with van der Waals surface area (Å²) >= 11 is 5.28. The Morgan fingerprint density at radius 2 is 1.73 bits per heavy atom. The van der Waals surface area contributed by atoms with Crippen LogP contribution in [0.3, 0.4) is 0 Å². The Kier molecular flexibility index (Phi) is 7.94. The fourth-order valence-electron chi connectivity index (χ4n) is 2.52. The molecule has 2 aromatic carbocycles. The van der Waals surface area contributed by atoms with Gasteiger partial charge in [0.2, 0.25) is 0 Å². The van der Waals surface area contributed by atoms with Gasteiger partial charge in [0, 0.05) is 11.1 Å². The van der Waals surface area contributed by atoms with E-state index >= 15 is 0 Å². The minimum Gasteiger partial charge on any atom is -0.493 e. The molecular weight excluding hydrogens is 398 g/mol. The number of thiocarbonyl (C=S) groups is 1. The van der Waals surface area contributed by atoms with E-state index in [0.717, 1.165) is 0 Å². The SMILES string of the molecule is CC(C)COc1cccc(C(=O)NC(=S)Nc2ccccc2C(=O)NC(C)(C)C)c1. The highest BCUT2D eigenvalue weighted by molar-refractivity contribution is 7.80. The van der Waals surface area contributed by atoms with Gasteiger partial charge in [0.05, 0.1) is 17.9 Å². The summed E-state index contributed by atoms with van der Waals surface area (Å²) in [5.74, 6) is 0.420. The smallest absolute Gasteiger partial charge is 0.257 e. The first-order valence-electron chi connectivity index (χ1n) is 9.82. The van der Waals surface area contributed by atoms with Gasteiger partial charge in [-0.15, -0.1) is 0 Å². The molecule has 0 atom stereocenters. The van der Waals surface area contributed by atoms with Gasteiger partial charge in [0.25, 0.3) is 11.8 Å². The van der Waals surface area contributed by atoms with Crippen LogP contribution in [-0.2, 0) is 0 Å². The van der Waals surface area contributed by atoms with Crippen LogP contribution < -0.4 is 20.7 Å². The Labute approximate surface area is 183 Å². The number of amides is 2. The van der Waals surface area contributed by atoms with E-state index in [9.17, 15) is 9.59 Å². The highest BCUT2D eigenvalue weighted by Gasteiger charge is 2.18. The standard InChI is InChI=1S/C23H29N3O3S/c1-15(2)14-29-17-10-8-9-16(13-17)20(27)25-22(30)24-19-12-7-6-11-18(19)21(28)26-23(3,4)5/h6-13,15H,14H2,1-5H3,(H,26,28)(H2,24,25,27,30). The second kappa shape index (κ2) is 10.2. The summed E-state index contributed by atoms with van der Waals surface area (Å²) in [6.45, 7) is 10.4. The number of carbonyl (C=O) groups excluding carboxylic acids is 2. The lowest BCUT2D eigenvalue weighted by atomic mass is 10.1. The largest absolute Gasteiger partial charge is 0.493 e. The van der Waals surface area contributed by atoms with Gasteiger partial charge in [-0.1, -0.05) is 32.0 Å². The first-order valence-corrected chi connectivity index (χ1v) is 10.2. The number of para-hydroxylation sites is 1. The highest BCUT2D eigenvalue weighted by atomic mass is 32.1. The molecule has 0 aliphatic carbocycles. The van der Waals surface area contributed by atoms with Crippen LogP contribution in [-0.4, -0.2) is 29.1 Å². The molecule has 0 radical (unpaired) electrons. The van der Waals surface area contributed by atoms with E-state index in [1.807, 2.05) is 20.8 Å². The minimum atomic E-state index is -0.373. The highest BCUT2D eigenvalue weighted by Crippen LogP contribution is 2.17. The monoisotopic (exact) mass is 427 g/mol. The molecule has 7 heteroatoms. The van der Waals surface area contributed by atoms with Crippen LogP contribution >= 0.6 is 12.2 Å². The van der Waals surface area contributed by atoms with Gasteiger partial charge < -0.3 is 15.4 Å². The van der Waals surface area contributed by atoms with Gasteiger partial charge in [0.15, 0.2) is 5.11 Å². The normalized spacial score (nSPS) is 11.0. The quantitative estimate of drug-likeness (QED) is 0.597. The van der Waals surface area contributed by atoms with Crippen molar-refractivity contribution < 1.29 is 14.3 Å². The van der Waals surface area contributed by atoms with Gasteiger partial charge >= 0.3 is 0 Å². The second-order valence-corrected chi connectivity index (χ2v) is 8.80. The average Bonchev–Trinajstić information content (AvgIpc) is 2.65. The molecule has 30 heavy (non-hydrogen) atoms. The van der Waals surface area contributed by atoms with Crippen molar-refractivity contribution in [1.29, 1.82) is 0 Å². The van der Waals surface area contributed by atoms with Crippen LogP contribution in [0.5, 0.6) is 5.75 Å². The molecule has 0 aliphatic heterocycles. The van der Waals surface area contributed by atoms with Gasteiger partial charge in [-0.25, -0.2) is 0 Å². The van der Waals surface area contributed by atoms with Crippen molar-refractivity contribution in [3.63, 3.8) is 0 Å². The summed E-state index contributed by atoms with van der Waals surface area (Å²) in [4.78, 5) is 25.1. The van der Waals surface area contributed by atoms with E-state index in [0.29, 0.717) is 35.1 Å². The lowest BCUT2D eigenvalue weighted by Gasteiger charge is -2.21. The van der Waals surface area contributed by atoms with Crippen molar-refractivity contribution in [3.05, 3.63) is 59.7 Å². The third kappa shape index (κ3) is 7.48. The number of carbonyl (C=O) groups is 2. The van der Waals surface area contributed by atoms with Gasteiger partial charge in [0.1, 0.15) is 5.75 Å². The molecule has 0 fully saturated rings. The van der Waals surface area contributed by atoms with Crippen LogP contribution in [0.4, 0.5) is 5.69 Å². The number of benzene rings is 2. The van der Waals surface area contributed by atoms with Crippen molar-refractivity contribution in [3.8, 4) is 5.75 Å². The van der Waals surface area contributed by atoms with Gasteiger partial charge in [-0.2, -0.15) is 0 Å². The number of rotatable bonds is 6. The third-order valence-electron chi connectivity index (χ3n) is 3.82. The fraction of sp³-hybridized carbons (Fsp3) is 0.348. The predicted octanol–water partition coefficient (Wildman–Crippen LogP) is 4.38. The van der Waals surface area contributed by atoms with E-state index in [4.69, 9.17) is 17.0 Å². The summed E-state index contributed by atoms with van der Waals surface area (Å²) in [6.07, 6.45) is 0. The number of hydrogen-bond donors (Lipinski definition) is 3. The second-order valence-electron chi connectivity index (χ2n) is 8.39. The molecule has 0 heterocycles.